The van der Waals surface area contributed by atoms with Crippen LogP contribution in [0.25, 0.3) is 10.8 Å². The van der Waals surface area contributed by atoms with E-state index in [0.29, 0.717) is 21.1 Å². The first-order valence-electron chi connectivity index (χ1n) is 11.3. The van der Waals surface area contributed by atoms with Crippen LogP contribution in [0.3, 0.4) is 0 Å². The Morgan fingerprint density at radius 2 is 1.16 bits per heavy atom. The smallest absolute Gasteiger partial charge is 0.0465 e. The molecule has 0 aliphatic carbocycles. The van der Waals surface area contributed by atoms with Gasteiger partial charge in [0.15, 0.2) is 0 Å². The molecule has 0 fully saturated rings. The van der Waals surface area contributed by atoms with E-state index in [1.807, 2.05) is 0 Å². The van der Waals surface area contributed by atoms with E-state index < -0.39 is 87.9 Å². The number of aryl methyl sites for hydroxylation is 1. The molecule has 226 valence electrons. The molecule has 4 rings (SSSR count). The third-order valence-corrected chi connectivity index (χ3v) is 10.7. The summed E-state index contributed by atoms with van der Waals surface area (Å²) >= 11 is 1.00. The summed E-state index contributed by atoms with van der Waals surface area (Å²) in [6.45, 7) is 1.78. The van der Waals surface area contributed by atoms with Crippen molar-refractivity contribution in [2.45, 2.75) is 16.7 Å². The number of fused-ring (bicyclic) bond motifs is 1. The second-order valence-electron chi connectivity index (χ2n) is 8.70. The molecular weight excluding hydrogens is 807 g/mol. The Labute approximate surface area is 262 Å². The Morgan fingerprint density at radius 1 is 0.721 bits per heavy atom. The molecule has 0 aliphatic rings. The van der Waals surface area contributed by atoms with Gasteiger partial charge < -0.3 is 0 Å². The topological polar surface area (TPSA) is 256 Å². The minimum absolute atomic E-state index is 0.150. The van der Waals surface area contributed by atoms with Gasteiger partial charge in [0.2, 0.25) is 0 Å². The summed E-state index contributed by atoms with van der Waals surface area (Å²) in [7, 11) is -10.4. The van der Waals surface area contributed by atoms with Gasteiger partial charge in [0, 0.05) is 8.95 Å². The largest absolute Gasteiger partial charge is 0.0484 e. The average molecular weight is 824 g/mol. The van der Waals surface area contributed by atoms with E-state index in [1.54, 1.807) is 19.1 Å². The third kappa shape index (κ3) is 6.89. The fourth-order valence-corrected chi connectivity index (χ4v) is 8.19. The summed E-state index contributed by atoms with van der Waals surface area (Å²) in [6.07, 6.45) is 0. The van der Waals surface area contributed by atoms with Crippen LogP contribution in [0.15, 0.2) is 87.7 Å². The maximum absolute atomic E-state index is 12.2. The summed E-state index contributed by atoms with van der Waals surface area (Å²) in [5.74, 6) is -2.25. The number of hydrogen-bond donors (Lipinski definition) is 6. The van der Waals surface area contributed by atoms with Crippen molar-refractivity contribution in [3.8, 4) is 11.5 Å². The quantitative estimate of drug-likeness (QED) is 0.0824. The molecule has 6 N–H and O–H groups in total. The van der Waals surface area contributed by atoms with Crippen molar-refractivity contribution in [2.24, 2.45) is 20.5 Å². The molecule has 0 amide bonds. The molecule has 0 radical (unpaired) electrons. The predicted octanol–water partition coefficient (Wildman–Crippen LogP) is 4.97. The molecular formula is C23H17AsBr2N4O11S2. The number of rotatable bonds is 7. The molecule has 4 aromatic rings. The van der Waals surface area contributed by atoms with Gasteiger partial charge >= 0.3 is 199 Å². The van der Waals surface area contributed by atoms with Crippen LogP contribution in [0.4, 0.5) is 22.7 Å². The molecule has 15 nitrogen and oxygen atoms in total. The predicted molar refractivity (Wildman–Crippen MR) is 159 cm³/mol. The van der Waals surface area contributed by atoms with Crippen molar-refractivity contribution in [3.63, 3.8) is 0 Å². The molecule has 0 unspecified atom stereocenters. The van der Waals surface area contributed by atoms with Crippen LogP contribution in [0.1, 0.15) is 5.56 Å². The van der Waals surface area contributed by atoms with Crippen LogP contribution in [0.2, 0.25) is 0 Å². The van der Waals surface area contributed by atoms with Crippen molar-refractivity contribution in [1.82, 2.24) is 0 Å². The molecule has 20 heteroatoms. The number of benzene rings is 4. The molecule has 0 bridgehead atoms. The van der Waals surface area contributed by atoms with Gasteiger partial charge in [0.1, 0.15) is 0 Å². The van der Waals surface area contributed by atoms with Gasteiger partial charge in [0.25, 0.3) is 0 Å². The zero-order chi connectivity index (χ0) is 32.1. The van der Waals surface area contributed by atoms with Crippen LogP contribution in [-0.2, 0) is 24.0 Å². The van der Waals surface area contributed by atoms with Crippen molar-refractivity contribution < 1.29 is 48.1 Å². The number of phenols is 2. The van der Waals surface area contributed by atoms with Crippen LogP contribution >= 0.6 is 31.9 Å². The van der Waals surface area contributed by atoms with E-state index in [9.17, 15) is 48.1 Å². The van der Waals surface area contributed by atoms with Gasteiger partial charge in [-0.05, 0) is 56.5 Å². The molecule has 0 aromatic heterocycles. The van der Waals surface area contributed by atoms with Crippen LogP contribution in [0, 0.1) is 6.92 Å². The van der Waals surface area contributed by atoms with Crippen LogP contribution in [-0.4, -0.2) is 58.5 Å². The van der Waals surface area contributed by atoms with E-state index >= 15 is 0 Å². The van der Waals surface area contributed by atoms with Crippen LogP contribution in [0.5, 0.6) is 11.5 Å². The summed E-state index contributed by atoms with van der Waals surface area (Å²) < 4.78 is 100. The Kier molecular flexibility index (Phi) is 9.05. The summed E-state index contributed by atoms with van der Waals surface area (Å²) in [5, 5.41) is 36.0. The number of phenolic OH excluding ortho intramolecular Hbond substituents is 2. The maximum atomic E-state index is 12.2. The third-order valence-electron chi connectivity index (χ3n) is 5.67. The Hall–Kier alpha value is -3.00. The van der Waals surface area contributed by atoms with Crippen molar-refractivity contribution in [1.29, 1.82) is 0 Å². The molecule has 43 heavy (non-hydrogen) atoms. The van der Waals surface area contributed by atoms with Gasteiger partial charge in [-0.1, -0.05) is 0 Å². The first kappa shape index (κ1) is 32.9. The normalized spacial score (nSPS) is 13.0. The van der Waals surface area contributed by atoms with Gasteiger partial charge in [-0.3, -0.25) is 0 Å². The van der Waals surface area contributed by atoms with E-state index in [0.717, 1.165) is 17.7 Å². The van der Waals surface area contributed by atoms with E-state index in [-0.39, 0.29) is 5.69 Å². The van der Waals surface area contributed by atoms with Crippen molar-refractivity contribution in [2.75, 3.05) is 0 Å². The first-order valence-corrected chi connectivity index (χ1v) is 19.1. The van der Waals surface area contributed by atoms with Gasteiger partial charge in [0.05, 0.1) is 0 Å². The molecule has 4 aromatic carbocycles. The molecule has 0 saturated carbocycles. The standard InChI is InChI=1S/C23H17AsBr2N4O11S2/c1-10-6-13(25)19(14(26)7-10)28-30-21-17(43(39,40)41)9-11-8-16(42(36,37)38)20(22(31)18(11)23(21)32)29-27-15-5-3-2-4-12(15)24(33,34)35/h2-9,31-32H,1H3,(H2,33,34,35)(H,36,37,38)(H,39,40,41). The number of nitrogens with zero attached hydrogens (tertiary/aromatic N) is 4. The second kappa shape index (κ2) is 11.8. The average Bonchev–Trinajstić information content (AvgIpc) is 2.86. The summed E-state index contributed by atoms with van der Waals surface area (Å²) in [6, 6.07) is 9.46. The Bertz CT molecular complexity index is 2130. The molecule has 0 spiro atoms. The second-order valence-corrected chi connectivity index (χ2v) is 16.5. The first-order chi connectivity index (χ1) is 19.8. The monoisotopic (exact) mass is 822 g/mol. The fourth-order valence-electron chi connectivity index (χ4n) is 3.83. The van der Waals surface area contributed by atoms with E-state index in [2.05, 4.69) is 52.3 Å². The Balaban J connectivity index is 2.06. The van der Waals surface area contributed by atoms with E-state index in [4.69, 9.17) is 0 Å². The van der Waals surface area contributed by atoms with Crippen molar-refractivity contribution in [3.05, 3.63) is 63.0 Å². The molecule has 0 atom stereocenters. The SMILES string of the molecule is Cc1cc(Br)c(N=Nc2c(S(=O)(=O)O)cc3cc(S(=O)(=O)O)c(N=Nc4ccccc4[As](=O)(O)O)c(O)c3c2O)c(Br)c1. The zero-order valence-electron chi connectivity index (χ0n) is 21.2. The molecule has 0 saturated heterocycles. The van der Waals surface area contributed by atoms with E-state index in [1.165, 1.54) is 12.1 Å². The number of hydrogen-bond acceptors (Lipinski definition) is 11. The van der Waals surface area contributed by atoms with Gasteiger partial charge in [-0.15, -0.1) is 0 Å². The van der Waals surface area contributed by atoms with Gasteiger partial charge in [-0.2, -0.15) is 0 Å². The number of aromatic hydroxyl groups is 2. The van der Waals surface area contributed by atoms with Gasteiger partial charge in [-0.25, -0.2) is 0 Å². The van der Waals surface area contributed by atoms with Crippen LogP contribution < -0.4 is 4.35 Å². The number of azo groups is 2. The fraction of sp³-hybridized carbons (Fsp3) is 0.0435. The summed E-state index contributed by atoms with van der Waals surface area (Å²) in [4.78, 5) is -2.16. The van der Waals surface area contributed by atoms with Crippen molar-refractivity contribution >= 4 is 104 Å². The minimum Gasteiger partial charge on any atom is -0.0484 e. The minimum atomic E-state index is -5.57. The Morgan fingerprint density at radius 3 is 1.63 bits per heavy atom. The maximum Gasteiger partial charge on any atom is 0.0465 e. The molecule has 0 heterocycles. The number of halogens is 2. The summed E-state index contributed by atoms with van der Waals surface area (Å²) in [5.41, 5.74) is -1.27. The zero-order valence-corrected chi connectivity index (χ0v) is 27.8. The molecule has 0 aliphatic heterocycles.